The van der Waals surface area contributed by atoms with Crippen LogP contribution in [0.15, 0.2) is 30.5 Å². The van der Waals surface area contributed by atoms with Gasteiger partial charge in [-0.3, -0.25) is 0 Å². The Labute approximate surface area is 122 Å². The van der Waals surface area contributed by atoms with Crippen LogP contribution in [-0.2, 0) is 6.54 Å². The summed E-state index contributed by atoms with van der Waals surface area (Å²) in [5.74, 6) is 1.09. The van der Waals surface area contributed by atoms with Crippen LogP contribution in [0, 0.1) is 0 Å². The van der Waals surface area contributed by atoms with Crippen LogP contribution in [0.5, 0.6) is 0 Å². The number of pyridine rings is 1. The normalized spacial score (nSPS) is 10.9. The van der Waals surface area contributed by atoms with Crippen molar-refractivity contribution in [3.8, 4) is 0 Å². The van der Waals surface area contributed by atoms with Crippen molar-refractivity contribution < 1.29 is 0 Å². The van der Waals surface area contributed by atoms with Gasteiger partial charge in [-0.25, -0.2) is 4.98 Å². The standard InChI is InChI=1S/C17H25N3/c1-4-6-11-20(3)17-16-10-8-7-9-15(16)14(13-19-17)12-18-5-2/h7-10,13,18H,4-6,11-12H2,1-3H3. The Hall–Kier alpha value is -1.61. The van der Waals surface area contributed by atoms with Crippen LogP contribution >= 0.6 is 0 Å². The Balaban J connectivity index is 2.37. The molecule has 0 fully saturated rings. The maximum absolute atomic E-state index is 4.70. The highest BCUT2D eigenvalue weighted by molar-refractivity contribution is 5.94. The molecule has 1 aromatic carbocycles. The lowest BCUT2D eigenvalue weighted by Gasteiger charge is -2.20. The summed E-state index contributed by atoms with van der Waals surface area (Å²) in [4.78, 5) is 6.97. The minimum Gasteiger partial charge on any atom is -0.359 e. The largest absolute Gasteiger partial charge is 0.359 e. The Kier molecular flexibility index (Phi) is 5.36. The van der Waals surface area contributed by atoms with Crippen molar-refractivity contribution in [1.82, 2.24) is 10.3 Å². The maximum Gasteiger partial charge on any atom is 0.136 e. The summed E-state index contributed by atoms with van der Waals surface area (Å²) in [5, 5.41) is 5.94. The Morgan fingerprint density at radius 1 is 1.15 bits per heavy atom. The molecule has 0 aliphatic carbocycles. The van der Waals surface area contributed by atoms with Crippen LogP contribution < -0.4 is 10.2 Å². The molecule has 0 atom stereocenters. The second-order valence-electron chi connectivity index (χ2n) is 5.21. The summed E-state index contributed by atoms with van der Waals surface area (Å²) in [7, 11) is 2.13. The predicted molar refractivity (Wildman–Crippen MR) is 87.3 cm³/mol. The van der Waals surface area contributed by atoms with E-state index in [2.05, 4.69) is 55.4 Å². The number of fused-ring (bicyclic) bond motifs is 1. The van der Waals surface area contributed by atoms with E-state index in [1.165, 1.54) is 29.2 Å². The molecule has 1 N–H and O–H groups in total. The molecule has 0 aliphatic heterocycles. The van der Waals surface area contributed by atoms with Gasteiger partial charge in [-0.2, -0.15) is 0 Å². The number of unbranched alkanes of at least 4 members (excludes halogenated alkanes) is 1. The van der Waals surface area contributed by atoms with Crippen molar-refractivity contribution in [2.75, 3.05) is 25.0 Å². The molecule has 108 valence electrons. The molecule has 0 bridgehead atoms. The Morgan fingerprint density at radius 2 is 1.90 bits per heavy atom. The van der Waals surface area contributed by atoms with Crippen molar-refractivity contribution in [2.45, 2.75) is 33.2 Å². The molecular formula is C17H25N3. The number of benzene rings is 1. The lowest BCUT2D eigenvalue weighted by atomic mass is 10.1. The maximum atomic E-state index is 4.70. The van der Waals surface area contributed by atoms with Gasteiger partial charge in [-0.05, 0) is 23.9 Å². The summed E-state index contributed by atoms with van der Waals surface area (Å²) >= 11 is 0. The van der Waals surface area contributed by atoms with E-state index in [0.29, 0.717) is 0 Å². The van der Waals surface area contributed by atoms with Crippen molar-refractivity contribution in [1.29, 1.82) is 0 Å². The molecule has 3 nitrogen and oxygen atoms in total. The zero-order chi connectivity index (χ0) is 14.4. The molecule has 3 heteroatoms. The summed E-state index contributed by atoms with van der Waals surface area (Å²) < 4.78 is 0. The second-order valence-corrected chi connectivity index (χ2v) is 5.21. The van der Waals surface area contributed by atoms with Crippen LogP contribution in [0.3, 0.4) is 0 Å². The van der Waals surface area contributed by atoms with E-state index in [1.807, 2.05) is 6.20 Å². The predicted octanol–water partition coefficient (Wildman–Crippen LogP) is 3.58. The average molecular weight is 271 g/mol. The number of rotatable bonds is 7. The van der Waals surface area contributed by atoms with Gasteiger partial charge in [0, 0.05) is 31.7 Å². The third-order valence-electron chi connectivity index (χ3n) is 3.63. The summed E-state index contributed by atoms with van der Waals surface area (Å²) in [5.41, 5.74) is 1.27. The molecule has 0 saturated heterocycles. The highest BCUT2D eigenvalue weighted by Gasteiger charge is 2.10. The van der Waals surface area contributed by atoms with Gasteiger partial charge in [0.25, 0.3) is 0 Å². The molecular weight excluding hydrogens is 246 g/mol. The Morgan fingerprint density at radius 3 is 2.60 bits per heavy atom. The quantitative estimate of drug-likeness (QED) is 0.834. The smallest absolute Gasteiger partial charge is 0.136 e. The first-order valence-electron chi connectivity index (χ1n) is 7.56. The summed E-state index contributed by atoms with van der Waals surface area (Å²) in [6.07, 6.45) is 4.43. The molecule has 0 saturated carbocycles. The van der Waals surface area contributed by atoms with E-state index < -0.39 is 0 Å². The number of nitrogens with one attached hydrogen (secondary N) is 1. The number of aromatic nitrogens is 1. The number of hydrogen-bond acceptors (Lipinski definition) is 3. The van der Waals surface area contributed by atoms with E-state index in [4.69, 9.17) is 4.98 Å². The lowest BCUT2D eigenvalue weighted by molar-refractivity contribution is 0.727. The first kappa shape index (κ1) is 14.8. The topological polar surface area (TPSA) is 28.2 Å². The molecule has 0 unspecified atom stereocenters. The average Bonchev–Trinajstić information content (AvgIpc) is 2.50. The van der Waals surface area contributed by atoms with Crippen LogP contribution in [-0.4, -0.2) is 25.1 Å². The van der Waals surface area contributed by atoms with Gasteiger partial charge in [0.2, 0.25) is 0 Å². The summed E-state index contributed by atoms with van der Waals surface area (Å²) in [6.45, 7) is 7.26. The van der Waals surface area contributed by atoms with Crippen LogP contribution in [0.1, 0.15) is 32.3 Å². The third kappa shape index (κ3) is 3.28. The summed E-state index contributed by atoms with van der Waals surface area (Å²) in [6, 6.07) is 8.57. The molecule has 0 aliphatic rings. The molecule has 0 amide bonds. The third-order valence-corrected chi connectivity index (χ3v) is 3.63. The molecule has 20 heavy (non-hydrogen) atoms. The van der Waals surface area contributed by atoms with Crippen molar-refractivity contribution in [2.24, 2.45) is 0 Å². The van der Waals surface area contributed by atoms with Gasteiger partial charge >= 0.3 is 0 Å². The number of hydrogen-bond donors (Lipinski definition) is 1. The molecule has 0 spiro atoms. The Bertz CT molecular complexity index is 551. The van der Waals surface area contributed by atoms with Gasteiger partial charge in [-0.1, -0.05) is 44.5 Å². The van der Waals surface area contributed by atoms with Crippen LogP contribution in [0.4, 0.5) is 5.82 Å². The van der Waals surface area contributed by atoms with Gasteiger partial charge in [0.15, 0.2) is 0 Å². The monoisotopic (exact) mass is 271 g/mol. The minimum atomic E-state index is 0.878. The van der Waals surface area contributed by atoms with Gasteiger partial charge in [0.05, 0.1) is 0 Å². The highest BCUT2D eigenvalue weighted by atomic mass is 15.2. The van der Waals surface area contributed by atoms with E-state index >= 15 is 0 Å². The molecule has 2 rings (SSSR count). The lowest BCUT2D eigenvalue weighted by Crippen LogP contribution is -2.20. The molecule has 0 radical (unpaired) electrons. The van der Waals surface area contributed by atoms with Crippen molar-refractivity contribution in [3.05, 3.63) is 36.0 Å². The van der Waals surface area contributed by atoms with Crippen LogP contribution in [0.25, 0.3) is 10.8 Å². The van der Waals surface area contributed by atoms with E-state index in [-0.39, 0.29) is 0 Å². The zero-order valence-electron chi connectivity index (χ0n) is 12.8. The van der Waals surface area contributed by atoms with E-state index in [0.717, 1.165) is 25.5 Å². The fourth-order valence-corrected chi connectivity index (χ4v) is 2.44. The van der Waals surface area contributed by atoms with Crippen LogP contribution in [0.2, 0.25) is 0 Å². The van der Waals surface area contributed by atoms with E-state index in [9.17, 15) is 0 Å². The van der Waals surface area contributed by atoms with E-state index in [1.54, 1.807) is 0 Å². The fourth-order valence-electron chi connectivity index (χ4n) is 2.44. The second kappa shape index (κ2) is 7.25. The number of nitrogens with zero attached hydrogens (tertiary/aromatic N) is 2. The fraction of sp³-hybridized carbons (Fsp3) is 0.471. The molecule has 2 aromatic rings. The highest BCUT2D eigenvalue weighted by Crippen LogP contribution is 2.26. The number of anilines is 1. The molecule has 1 aromatic heterocycles. The minimum absolute atomic E-state index is 0.878. The molecule has 1 heterocycles. The first-order chi connectivity index (χ1) is 9.77. The zero-order valence-corrected chi connectivity index (χ0v) is 12.8. The van der Waals surface area contributed by atoms with Gasteiger partial charge in [-0.15, -0.1) is 0 Å². The first-order valence-corrected chi connectivity index (χ1v) is 7.56. The van der Waals surface area contributed by atoms with Gasteiger partial charge < -0.3 is 10.2 Å². The van der Waals surface area contributed by atoms with Crippen molar-refractivity contribution >= 4 is 16.6 Å². The SMILES string of the molecule is CCCCN(C)c1ncc(CNCC)c2ccccc12. The van der Waals surface area contributed by atoms with Crippen molar-refractivity contribution in [3.63, 3.8) is 0 Å². The van der Waals surface area contributed by atoms with Gasteiger partial charge in [0.1, 0.15) is 5.82 Å².